The van der Waals surface area contributed by atoms with Crippen LogP contribution in [0, 0.1) is 6.92 Å². The SMILES string of the molecule is CCn1cc(/C=C2\Oc3cc(OC(=O)c4cccc(C)c4)ccc3C2=O)c2ccccc21. The molecule has 5 rings (SSSR count). The second kappa shape index (κ2) is 7.85. The number of Topliss-reactive ketones (excluding diaryl/α,β-unsaturated/α-hetero) is 1. The Hall–Kier alpha value is -4.12. The van der Waals surface area contributed by atoms with E-state index in [9.17, 15) is 9.59 Å². The molecule has 0 N–H and O–H groups in total. The Bertz CT molecular complexity index is 1410. The fraction of sp³-hybridized carbons (Fsp3) is 0.111. The summed E-state index contributed by atoms with van der Waals surface area (Å²) in [6.07, 6.45) is 3.79. The van der Waals surface area contributed by atoms with Gasteiger partial charge in [-0.1, -0.05) is 35.9 Å². The molecule has 2 heterocycles. The van der Waals surface area contributed by atoms with Gasteiger partial charge in [-0.05, 0) is 50.3 Å². The largest absolute Gasteiger partial charge is 0.452 e. The van der Waals surface area contributed by atoms with Crippen molar-refractivity contribution < 1.29 is 19.1 Å². The summed E-state index contributed by atoms with van der Waals surface area (Å²) in [6, 6.07) is 20.1. The van der Waals surface area contributed by atoms with Crippen LogP contribution in [0.1, 0.15) is 38.8 Å². The number of benzene rings is 3. The van der Waals surface area contributed by atoms with Crippen LogP contribution in [0.5, 0.6) is 11.5 Å². The number of aromatic nitrogens is 1. The summed E-state index contributed by atoms with van der Waals surface area (Å²) in [5, 5.41) is 1.06. The molecule has 0 atom stereocenters. The van der Waals surface area contributed by atoms with E-state index in [1.54, 1.807) is 36.4 Å². The highest BCUT2D eigenvalue weighted by Crippen LogP contribution is 2.36. The van der Waals surface area contributed by atoms with Crippen molar-refractivity contribution in [2.75, 3.05) is 0 Å². The molecule has 0 saturated heterocycles. The molecule has 0 bridgehead atoms. The second-order valence-electron chi connectivity index (χ2n) is 7.74. The van der Waals surface area contributed by atoms with E-state index < -0.39 is 5.97 Å². The van der Waals surface area contributed by atoms with Crippen molar-refractivity contribution in [1.82, 2.24) is 4.57 Å². The normalized spacial score (nSPS) is 13.9. The molecule has 0 fully saturated rings. The highest BCUT2D eigenvalue weighted by molar-refractivity contribution is 6.15. The zero-order chi connectivity index (χ0) is 22.2. The van der Waals surface area contributed by atoms with Gasteiger partial charge in [0.15, 0.2) is 5.76 Å². The van der Waals surface area contributed by atoms with Crippen LogP contribution in [0.3, 0.4) is 0 Å². The average molecular weight is 423 g/mol. The van der Waals surface area contributed by atoms with E-state index in [-0.39, 0.29) is 11.5 Å². The number of allylic oxidation sites excluding steroid dienone is 1. The lowest BCUT2D eigenvalue weighted by atomic mass is 10.1. The number of rotatable bonds is 4. The third kappa shape index (κ3) is 3.48. The first-order valence-corrected chi connectivity index (χ1v) is 10.5. The van der Waals surface area contributed by atoms with Crippen LogP contribution in [-0.2, 0) is 6.54 Å². The van der Waals surface area contributed by atoms with E-state index in [2.05, 4.69) is 17.6 Å². The molecule has 5 nitrogen and oxygen atoms in total. The number of fused-ring (bicyclic) bond motifs is 2. The number of carbonyl (C=O) groups is 2. The molecule has 1 aromatic heterocycles. The first kappa shape index (κ1) is 19.8. The first-order valence-electron chi connectivity index (χ1n) is 10.5. The van der Waals surface area contributed by atoms with Gasteiger partial charge in [-0.2, -0.15) is 0 Å². The van der Waals surface area contributed by atoms with Crippen LogP contribution in [0.15, 0.2) is 78.7 Å². The number of hydrogen-bond donors (Lipinski definition) is 0. The number of aryl methyl sites for hydroxylation is 2. The van der Waals surface area contributed by atoms with Gasteiger partial charge in [0.2, 0.25) is 5.78 Å². The Morgan fingerprint density at radius 3 is 2.72 bits per heavy atom. The number of hydrogen-bond acceptors (Lipinski definition) is 4. The van der Waals surface area contributed by atoms with Gasteiger partial charge in [-0.15, -0.1) is 0 Å². The van der Waals surface area contributed by atoms with Crippen molar-refractivity contribution in [2.24, 2.45) is 0 Å². The summed E-state index contributed by atoms with van der Waals surface area (Å²) >= 11 is 0. The Kier molecular flexibility index (Phi) is 4.86. The molecular formula is C27H21NO4. The third-order valence-corrected chi connectivity index (χ3v) is 5.55. The molecule has 4 aromatic rings. The summed E-state index contributed by atoms with van der Waals surface area (Å²) in [5.41, 5.74) is 3.92. The molecule has 0 saturated carbocycles. The summed E-state index contributed by atoms with van der Waals surface area (Å²) in [5.74, 6) is 0.314. The maximum absolute atomic E-state index is 12.9. The minimum atomic E-state index is -0.457. The molecule has 5 heteroatoms. The molecule has 32 heavy (non-hydrogen) atoms. The third-order valence-electron chi connectivity index (χ3n) is 5.55. The van der Waals surface area contributed by atoms with Crippen molar-refractivity contribution in [2.45, 2.75) is 20.4 Å². The van der Waals surface area contributed by atoms with E-state index in [1.807, 2.05) is 43.5 Å². The topological polar surface area (TPSA) is 57.5 Å². The maximum Gasteiger partial charge on any atom is 0.343 e. The van der Waals surface area contributed by atoms with Crippen molar-refractivity contribution in [3.8, 4) is 11.5 Å². The summed E-state index contributed by atoms with van der Waals surface area (Å²) < 4.78 is 13.5. The van der Waals surface area contributed by atoms with Crippen LogP contribution < -0.4 is 9.47 Å². The summed E-state index contributed by atoms with van der Waals surface area (Å²) in [7, 11) is 0. The van der Waals surface area contributed by atoms with Crippen molar-refractivity contribution >= 4 is 28.7 Å². The monoisotopic (exact) mass is 423 g/mol. The lowest BCUT2D eigenvalue weighted by molar-refractivity contribution is 0.0734. The highest BCUT2D eigenvalue weighted by atomic mass is 16.5. The number of ketones is 1. The maximum atomic E-state index is 12.9. The Morgan fingerprint density at radius 1 is 1.06 bits per heavy atom. The number of esters is 1. The van der Waals surface area contributed by atoms with Gasteiger partial charge in [-0.3, -0.25) is 4.79 Å². The number of para-hydroxylation sites is 1. The highest BCUT2D eigenvalue weighted by Gasteiger charge is 2.28. The van der Waals surface area contributed by atoms with Gasteiger partial charge in [0, 0.05) is 35.3 Å². The minimum absolute atomic E-state index is 0.190. The van der Waals surface area contributed by atoms with E-state index in [0.717, 1.165) is 28.6 Å². The van der Waals surface area contributed by atoms with Gasteiger partial charge < -0.3 is 14.0 Å². The van der Waals surface area contributed by atoms with E-state index in [1.165, 1.54) is 0 Å². The Morgan fingerprint density at radius 2 is 1.91 bits per heavy atom. The Labute approximate surface area is 185 Å². The number of nitrogens with zero attached hydrogens (tertiary/aromatic N) is 1. The van der Waals surface area contributed by atoms with Crippen LogP contribution >= 0.6 is 0 Å². The van der Waals surface area contributed by atoms with Crippen molar-refractivity contribution in [3.63, 3.8) is 0 Å². The van der Waals surface area contributed by atoms with E-state index in [4.69, 9.17) is 9.47 Å². The molecule has 1 aliphatic heterocycles. The summed E-state index contributed by atoms with van der Waals surface area (Å²) in [6.45, 7) is 4.82. The smallest absolute Gasteiger partial charge is 0.343 e. The van der Waals surface area contributed by atoms with Crippen LogP contribution in [0.4, 0.5) is 0 Å². The predicted octanol–water partition coefficient (Wildman–Crippen LogP) is 5.81. The lowest BCUT2D eigenvalue weighted by Crippen LogP contribution is -2.08. The average Bonchev–Trinajstić information content (AvgIpc) is 3.31. The van der Waals surface area contributed by atoms with Gasteiger partial charge in [0.25, 0.3) is 0 Å². The lowest BCUT2D eigenvalue weighted by Gasteiger charge is -2.06. The van der Waals surface area contributed by atoms with Crippen LogP contribution in [-0.4, -0.2) is 16.3 Å². The number of ether oxygens (including phenoxy) is 2. The van der Waals surface area contributed by atoms with Gasteiger partial charge in [-0.25, -0.2) is 4.79 Å². The molecule has 3 aromatic carbocycles. The van der Waals surface area contributed by atoms with Gasteiger partial charge in [0.1, 0.15) is 11.5 Å². The van der Waals surface area contributed by atoms with E-state index >= 15 is 0 Å². The quantitative estimate of drug-likeness (QED) is 0.236. The molecule has 0 radical (unpaired) electrons. The van der Waals surface area contributed by atoms with Gasteiger partial charge >= 0.3 is 5.97 Å². The molecule has 0 amide bonds. The summed E-state index contributed by atoms with van der Waals surface area (Å²) in [4.78, 5) is 25.3. The fourth-order valence-electron chi connectivity index (χ4n) is 3.96. The molecule has 0 unspecified atom stereocenters. The predicted molar refractivity (Wildman–Crippen MR) is 123 cm³/mol. The van der Waals surface area contributed by atoms with Crippen LogP contribution in [0.25, 0.3) is 17.0 Å². The first-order chi connectivity index (χ1) is 15.5. The standard InChI is InChI=1S/C27H21NO4/c1-3-28-16-19(21-9-4-5-10-23(21)28)14-25-26(29)22-12-11-20(15-24(22)32-25)31-27(30)18-8-6-7-17(2)13-18/h4-16H,3H2,1-2H3/b25-14-. The molecule has 0 aliphatic carbocycles. The fourth-order valence-corrected chi connectivity index (χ4v) is 3.96. The number of carbonyl (C=O) groups excluding carboxylic acids is 2. The van der Waals surface area contributed by atoms with Crippen LogP contribution in [0.2, 0.25) is 0 Å². The second-order valence-corrected chi connectivity index (χ2v) is 7.74. The molecular weight excluding hydrogens is 402 g/mol. The van der Waals surface area contributed by atoms with Crippen molar-refractivity contribution in [3.05, 3.63) is 101 Å². The zero-order valence-corrected chi connectivity index (χ0v) is 17.8. The van der Waals surface area contributed by atoms with E-state index in [0.29, 0.717) is 22.6 Å². The van der Waals surface area contributed by atoms with Crippen molar-refractivity contribution in [1.29, 1.82) is 0 Å². The molecule has 0 spiro atoms. The minimum Gasteiger partial charge on any atom is -0.452 e. The van der Waals surface area contributed by atoms with Gasteiger partial charge in [0.05, 0.1) is 11.1 Å². The Balaban J connectivity index is 1.42. The molecule has 158 valence electrons. The molecule has 1 aliphatic rings. The zero-order valence-electron chi connectivity index (χ0n) is 17.8.